The van der Waals surface area contributed by atoms with Gasteiger partial charge in [-0.05, 0) is 23.8 Å². The number of urea groups is 1. The monoisotopic (exact) mass is 367 g/mol. The fraction of sp³-hybridized carbons (Fsp3) is 0.200. The molecule has 2 rings (SSSR count). The first-order chi connectivity index (χ1) is 11.9. The van der Waals surface area contributed by atoms with E-state index in [1.165, 1.54) is 37.7 Å². The molecule has 1 aromatic carbocycles. The van der Waals surface area contributed by atoms with Crippen LogP contribution in [0.2, 0.25) is 5.02 Å². The number of halogens is 2. The number of methoxy groups -OCH3 is 1. The van der Waals surface area contributed by atoms with Gasteiger partial charge in [-0.1, -0.05) is 11.6 Å². The maximum atomic E-state index is 13.2. The Kier molecular flexibility index (Phi) is 6.07. The number of carbonyl (C=O) groups is 2. The first kappa shape index (κ1) is 18.4. The van der Waals surface area contributed by atoms with Crippen LogP contribution in [-0.4, -0.2) is 35.7 Å². The highest BCUT2D eigenvalue weighted by Crippen LogP contribution is 2.27. The van der Waals surface area contributed by atoms with Gasteiger partial charge in [0.05, 0.1) is 25.5 Å². The summed E-state index contributed by atoms with van der Waals surface area (Å²) in [6, 6.07) is 2.53. The summed E-state index contributed by atoms with van der Waals surface area (Å²) >= 11 is 6.03. The number of nitrogens with zero attached hydrogens (tertiary/aromatic N) is 2. The molecule has 1 aromatic heterocycles. The van der Waals surface area contributed by atoms with E-state index in [1.54, 1.807) is 0 Å². The van der Waals surface area contributed by atoms with Gasteiger partial charge in [0, 0.05) is 10.7 Å². The minimum absolute atomic E-state index is 0.0644. The van der Waals surface area contributed by atoms with E-state index >= 15 is 0 Å². The van der Waals surface area contributed by atoms with Crippen LogP contribution in [0.4, 0.5) is 14.9 Å². The Labute approximate surface area is 147 Å². The van der Waals surface area contributed by atoms with Gasteiger partial charge < -0.3 is 21.1 Å². The van der Waals surface area contributed by atoms with E-state index in [9.17, 15) is 14.0 Å². The van der Waals surface area contributed by atoms with Crippen molar-refractivity contribution in [3.05, 3.63) is 46.9 Å². The lowest BCUT2D eigenvalue weighted by Crippen LogP contribution is -2.34. The highest BCUT2D eigenvalue weighted by Gasteiger charge is 2.18. The third kappa shape index (κ3) is 4.77. The van der Waals surface area contributed by atoms with E-state index in [2.05, 4.69) is 20.6 Å². The number of hydrogen-bond acceptors (Lipinski definition) is 5. The van der Waals surface area contributed by atoms with Crippen molar-refractivity contribution in [1.29, 1.82) is 0 Å². The van der Waals surface area contributed by atoms with Gasteiger partial charge in [-0.2, -0.15) is 0 Å². The van der Waals surface area contributed by atoms with E-state index in [1.807, 2.05) is 0 Å². The lowest BCUT2D eigenvalue weighted by Gasteiger charge is -2.17. The van der Waals surface area contributed by atoms with Crippen molar-refractivity contribution in [3.8, 4) is 5.88 Å². The Hall–Kier alpha value is -2.94. The molecule has 0 aliphatic heterocycles. The molecule has 0 aliphatic rings. The zero-order valence-electron chi connectivity index (χ0n) is 13.1. The Balaban J connectivity index is 2.20. The summed E-state index contributed by atoms with van der Waals surface area (Å²) in [5, 5.41) is 5.05. The number of benzene rings is 1. The van der Waals surface area contributed by atoms with E-state index < -0.39 is 24.7 Å². The van der Waals surface area contributed by atoms with Crippen molar-refractivity contribution >= 4 is 29.2 Å². The van der Waals surface area contributed by atoms with Crippen LogP contribution in [0, 0.1) is 0 Å². The van der Waals surface area contributed by atoms with Crippen LogP contribution in [0.25, 0.3) is 0 Å². The average Bonchev–Trinajstić information content (AvgIpc) is 2.61. The molecule has 0 bridgehead atoms. The summed E-state index contributed by atoms with van der Waals surface area (Å²) in [6.45, 7) is -0.913. The largest absolute Gasteiger partial charge is 0.480 e. The molecule has 0 fully saturated rings. The van der Waals surface area contributed by atoms with E-state index in [-0.39, 0.29) is 22.2 Å². The van der Waals surface area contributed by atoms with Crippen molar-refractivity contribution in [3.63, 3.8) is 0 Å². The van der Waals surface area contributed by atoms with E-state index in [4.69, 9.17) is 22.1 Å². The summed E-state index contributed by atoms with van der Waals surface area (Å²) in [7, 11) is 1.43. The van der Waals surface area contributed by atoms with Gasteiger partial charge in [0.25, 0.3) is 5.91 Å². The number of aromatic nitrogens is 2. The molecule has 0 unspecified atom stereocenters. The normalized spacial score (nSPS) is 11.5. The summed E-state index contributed by atoms with van der Waals surface area (Å²) in [4.78, 5) is 30.9. The molecule has 0 spiro atoms. The second kappa shape index (κ2) is 8.25. The number of nitrogens with one attached hydrogen (secondary N) is 2. The summed E-state index contributed by atoms with van der Waals surface area (Å²) in [5.41, 5.74) is 5.70. The first-order valence-electron chi connectivity index (χ1n) is 7.03. The van der Waals surface area contributed by atoms with Crippen LogP contribution in [0.5, 0.6) is 5.88 Å². The van der Waals surface area contributed by atoms with Crippen molar-refractivity contribution in [2.24, 2.45) is 5.73 Å². The molecule has 132 valence electrons. The molecule has 25 heavy (non-hydrogen) atoms. The van der Waals surface area contributed by atoms with Gasteiger partial charge >= 0.3 is 6.03 Å². The molecule has 0 saturated heterocycles. The molecular formula is C15H15ClFN5O3. The van der Waals surface area contributed by atoms with Crippen LogP contribution < -0.4 is 21.1 Å². The lowest BCUT2D eigenvalue weighted by atomic mass is 10.1. The molecule has 3 amide bonds. The molecule has 1 atom stereocenters. The standard InChI is InChI=1S/C15H15ClFN5O3/c1-25-13-7-19-12(6-20-13)14(23)21-8-2-3-10(16)9(4-8)11(5-17)22-15(18)24/h2-4,6-7,11H,5H2,1H3,(H,21,23)(H3,18,22,24)/t11-/m0/s1. The predicted molar refractivity (Wildman–Crippen MR) is 89.4 cm³/mol. The maximum absolute atomic E-state index is 13.2. The van der Waals surface area contributed by atoms with Gasteiger partial charge in [0.15, 0.2) is 0 Å². The topological polar surface area (TPSA) is 119 Å². The number of alkyl halides is 1. The first-order valence-corrected chi connectivity index (χ1v) is 7.41. The maximum Gasteiger partial charge on any atom is 0.312 e. The quantitative estimate of drug-likeness (QED) is 0.722. The van der Waals surface area contributed by atoms with Crippen molar-refractivity contribution in [2.45, 2.75) is 6.04 Å². The number of rotatable bonds is 6. The summed E-state index contributed by atoms with van der Waals surface area (Å²) < 4.78 is 18.0. The van der Waals surface area contributed by atoms with Gasteiger partial charge in [-0.25, -0.2) is 19.2 Å². The zero-order chi connectivity index (χ0) is 18.4. The highest BCUT2D eigenvalue weighted by atomic mass is 35.5. The predicted octanol–water partition coefficient (Wildman–Crippen LogP) is 2.07. The van der Waals surface area contributed by atoms with Crippen molar-refractivity contribution in [2.75, 3.05) is 19.1 Å². The molecular weight excluding hydrogens is 353 g/mol. The fourth-order valence-corrected chi connectivity index (χ4v) is 2.24. The third-order valence-corrected chi connectivity index (χ3v) is 3.51. The highest BCUT2D eigenvalue weighted by molar-refractivity contribution is 6.31. The Morgan fingerprint density at radius 3 is 2.68 bits per heavy atom. The molecule has 8 nitrogen and oxygen atoms in total. The van der Waals surface area contributed by atoms with Crippen molar-refractivity contribution in [1.82, 2.24) is 15.3 Å². The van der Waals surface area contributed by atoms with Crippen LogP contribution in [0.15, 0.2) is 30.6 Å². The molecule has 10 heteroatoms. The number of hydrogen-bond donors (Lipinski definition) is 3. The SMILES string of the molecule is COc1cnc(C(=O)Nc2ccc(Cl)c([C@H](CF)NC(N)=O)c2)cn1. The minimum atomic E-state index is -1.03. The minimum Gasteiger partial charge on any atom is -0.480 e. The summed E-state index contributed by atoms with van der Waals surface area (Å²) in [6.07, 6.45) is 2.56. The Bertz CT molecular complexity index is 772. The van der Waals surface area contributed by atoms with Crippen LogP contribution in [-0.2, 0) is 0 Å². The van der Waals surface area contributed by atoms with Gasteiger partial charge in [0.2, 0.25) is 5.88 Å². The number of primary amides is 1. The van der Waals surface area contributed by atoms with E-state index in [0.717, 1.165) is 0 Å². The lowest BCUT2D eigenvalue weighted by molar-refractivity contribution is 0.102. The number of carbonyl (C=O) groups excluding carboxylic acids is 2. The van der Waals surface area contributed by atoms with Gasteiger partial charge in [-0.3, -0.25) is 4.79 Å². The second-order valence-corrected chi connectivity index (χ2v) is 5.26. The number of anilines is 1. The second-order valence-electron chi connectivity index (χ2n) is 4.85. The fourth-order valence-electron chi connectivity index (χ4n) is 1.99. The van der Waals surface area contributed by atoms with Crippen molar-refractivity contribution < 1.29 is 18.7 Å². The Morgan fingerprint density at radius 1 is 1.36 bits per heavy atom. The molecule has 0 radical (unpaired) electrons. The smallest absolute Gasteiger partial charge is 0.312 e. The number of ether oxygens (including phenoxy) is 1. The van der Waals surface area contributed by atoms with Crippen LogP contribution in [0.3, 0.4) is 0 Å². The summed E-state index contributed by atoms with van der Waals surface area (Å²) in [5.74, 6) is -0.253. The number of amides is 3. The van der Waals surface area contributed by atoms with Crippen LogP contribution >= 0.6 is 11.6 Å². The third-order valence-electron chi connectivity index (χ3n) is 3.17. The number of nitrogens with two attached hydrogens (primary N) is 1. The molecule has 1 heterocycles. The zero-order valence-corrected chi connectivity index (χ0v) is 13.9. The molecule has 0 saturated carbocycles. The van der Waals surface area contributed by atoms with Gasteiger partial charge in [-0.15, -0.1) is 0 Å². The van der Waals surface area contributed by atoms with Gasteiger partial charge in [0.1, 0.15) is 12.4 Å². The van der Waals surface area contributed by atoms with E-state index in [0.29, 0.717) is 5.69 Å². The molecule has 2 aromatic rings. The van der Waals surface area contributed by atoms with Crippen LogP contribution in [0.1, 0.15) is 22.1 Å². The molecule has 0 aliphatic carbocycles. The molecule has 4 N–H and O–H groups in total. The Morgan fingerprint density at radius 2 is 2.12 bits per heavy atom. The average molecular weight is 368 g/mol.